The number of rotatable bonds is 5. The van der Waals surface area contributed by atoms with Crippen molar-refractivity contribution in [3.63, 3.8) is 0 Å². The summed E-state index contributed by atoms with van der Waals surface area (Å²) in [6.07, 6.45) is -18.9. The molecule has 0 aromatic heterocycles. The van der Waals surface area contributed by atoms with Gasteiger partial charge in [0.2, 0.25) is 0 Å². The lowest BCUT2D eigenvalue weighted by Gasteiger charge is -2.31. The summed E-state index contributed by atoms with van der Waals surface area (Å²) >= 11 is 7.10. The predicted octanol–water partition coefficient (Wildman–Crippen LogP) is 8.92. The second-order valence-electron chi connectivity index (χ2n) is 8.36. The van der Waals surface area contributed by atoms with E-state index in [0.29, 0.717) is 3.11 Å². The summed E-state index contributed by atoms with van der Waals surface area (Å²) in [5.41, 5.74) is -11.9. The maximum atomic E-state index is 14.5. The van der Waals surface area contributed by atoms with Gasteiger partial charge in [-0.1, -0.05) is 35.9 Å². The second kappa shape index (κ2) is 11.3. The topological polar surface area (TPSA) is 40.6 Å². The van der Waals surface area contributed by atoms with Crippen LogP contribution in [0.4, 0.5) is 55.3 Å². The van der Waals surface area contributed by atoms with E-state index < -0.39 is 58.9 Å². The molecule has 2 amide bonds. The number of carbonyl (C=O) groups excluding carboxylic acids is 2. The Morgan fingerprint density at radius 2 is 1.34 bits per heavy atom. The molecule has 0 aliphatic carbocycles. The molecule has 41 heavy (non-hydrogen) atoms. The normalized spacial score (nSPS) is 12.7. The maximum absolute atomic E-state index is 14.5. The highest BCUT2D eigenvalue weighted by atomic mass is 127. The quantitative estimate of drug-likeness (QED) is 0.150. The molecule has 3 rings (SSSR count). The number of alkyl halides is 10. The smallest absolute Gasteiger partial charge is 0.311 e. The fraction of sp³-hybridized carbons (Fsp3) is 0.200. The largest absolute Gasteiger partial charge is 0.435 e. The average Bonchev–Trinajstić information content (AvgIpc) is 2.89. The predicted molar refractivity (Wildman–Crippen MR) is 138 cm³/mol. The van der Waals surface area contributed by atoms with E-state index in [9.17, 15) is 53.5 Å². The molecule has 0 atom stereocenters. The van der Waals surface area contributed by atoms with E-state index >= 15 is 0 Å². The van der Waals surface area contributed by atoms with Crippen molar-refractivity contribution in [3.05, 3.63) is 94.0 Å². The minimum atomic E-state index is -6.65. The van der Waals surface area contributed by atoms with E-state index in [1.54, 1.807) is 12.1 Å². The summed E-state index contributed by atoms with van der Waals surface area (Å²) in [7, 11) is 1.32. The van der Waals surface area contributed by atoms with E-state index in [0.717, 1.165) is 39.9 Å². The van der Waals surface area contributed by atoms with Gasteiger partial charge >= 0.3 is 24.2 Å². The fourth-order valence-corrected chi connectivity index (χ4v) is 4.56. The minimum Gasteiger partial charge on any atom is -0.311 e. The monoisotopic (exact) mass is 726 g/mol. The van der Waals surface area contributed by atoms with Gasteiger partial charge in [0.1, 0.15) is 0 Å². The number of hydrogen-bond donors (Lipinski definition) is 0. The van der Waals surface area contributed by atoms with Crippen LogP contribution in [0.3, 0.4) is 0 Å². The van der Waals surface area contributed by atoms with Crippen molar-refractivity contribution in [2.24, 2.45) is 0 Å². The van der Waals surface area contributed by atoms with Crippen molar-refractivity contribution in [3.8, 4) is 0 Å². The Labute approximate surface area is 244 Å². The van der Waals surface area contributed by atoms with Crippen LogP contribution in [0.2, 0.25) is 5.02 Å². The molecule has 0 radical (unpaired) electrons. The van der Waals surface area contributed by atoms with Gasteiger partial charge in [-0.3, -0.25) is 9.59 Å². The number of nitrogens with zero attached hydrogens (tertiary/aromatic N) is 2. The summed E-state index contributed by atoms with van der Waals surface area (Å²) in [6.45, 7) is 0. The van der Waals surface area contributed by atoms with Crippen molar-refractivity contribution < 1.29 is 53.5 Å². The summed E-state index contributed by atoms with van der Waals surface area (Å²) < 4.78 is 135. The lowest BCUT2D eigenvalue weighted by Crippen LogP contribution is -2.50. The first-order chi connectivity index (χ1) is 18.7. The zero-order valence-electron chi connectivity index (χ0n) is 20.1. The van der Waals surface area contributed by atoms with Crippen LogP contribution in [0, 0.1) is 0 Å². The molecule has 16 heteroatoms. The van der Waals surface area contributed by atoms with Crippen molar-refractivity contribution >= 4 is 57.7 Å². The Bertz CT molecular complexity index is 1460. The zero-order chi connectivity index (χ0) is 31.1. The van der Waals surface area contributed by atoms with Gasteiger partial charge in [-0.2, -0.15) is 39.5 Å². The van der Waals surface area contributed by atoms with Crippen LogP contribution in [0.25, 0.3) is 0 Å². The van der Waals surface area contributed by atoms with Crippen LogP contribution in [0.1, 0.15) is 31.8 Å². The molecule has 0 unspecified atom stereocenters. The highest BCUT2D eigenvalue weighted by Gasteiger charge is 2.73. The van der Waals surface area contributed by atoms with E-state index in [2.05, 4.69) is 0 Å². The lowest BCUT2D eigenvalue weighted by atomic mass is 9.92. The fourth-order valence-electron chi connectivity index (χ4n) is 3.64. The number of halogens is 12. The van der Waals surface area contributed by atoms with Gasteiger partial charge in [-0.15, -0.1) is 0 Å². The van der Waals surface area contributed by atoms with Gasteiger partial charge in [-0.25, -0.2) is 7.50 Å². The van der Waals surface area contributed by atoms with Crippen LogP contribution < -0.4 is 8.01 Å². The van der Waals surface area contributed by atoms with E-state index in [-0.39, 0.29) is 34.0 Å². The van der Waals surface area contributed by atoms with E-state index in [4.69, 9.17) is 11.6 Å². The first-order valence-corrected chi connectivity index (χ1v) is 12.2. The van der Waals surface area contributed by atoms with Gasteiger partial charge in [0.05, 0.1) is 44.7 Å². The first-order valence-electron chi connectivity index (χ1n) is 10.9. The number of carbonyl (C=O) groups is 2. The van der Waals surface area contributed by atoms with Crippen molar-refractivity contribution in [2.45, 2.75) is 24.2 Å². The molecule has 3 aromatic carbocycles. The molecule has 0 saturated heterocycles. The highest BCUT2D eigenvalue weighted by Crippen LogP contribution is 2.54. The lowest BCUT2D eigenvalue weighted by molar-refractivity contribution is -0.348. The third-order valence-electron chi connectivity index (χ3n) is 5.76. The minimum absolute atomic E-state index is 0.0922. The molecule has 3 aromatic rings. The van der Waals surface area contributed by atoms with Crippen LogP contribution >= 0.6 is 34.5 Å². The number of hydrogen-bond acceptors (Lipinski definition) is 2. The Kier molecular flexibility index (Phi) is 8.94. The Hall–Kier alpha value is -3.08. The molecule has 0 aliphatic heterocycles. The van der Waals surface area contributed by atoms with Crippen LogP contribution in [-0.2, 0) is 11.8 Å². The molecule has 0 N–H and O–H groups in total. The van der Waals surface area contributed by atoms with Crippen molar-refractivity contribution in [1.29, 1.82) is 0 Å². The van der Waals surface area contributed by atoms with Gasteiger partial charge in [0.15, 0.2) is 0 Å². The van der Waals surface area contributed by atoms with Gasteiger partial charge in [0, 0.05) is 23.9 Å². The molecular formula is C25H14ClF10IN2O2. The summed E-state index contributed by atoms with van der Waals surface area (Å²) in [6, 6.07) is 10.3. The maximum Gasteiger partial charge on any atom is 0.435 e. The average molecular weight is 727 g/mol. The number of amides is 2. The molecule has 0 aliphatic rings. The van der Waals surface area contributed by atoms with Gasteiger partial charge in [0.25, 0.3) is 11.8 Å². The first kappa shape index (κ1) is 32.4. The van der Waals surface area contributed by atoms with Gasteiger partial charge < -0.3 is 4.90 Å². The Morgan fingerprint density at radius 1 is 0.756 bits per heavy atom. The summed E-state index contributed by atoms with van der Waals surface area (Å²) in [5.74, 6) is -1.80. The highest BCUT2D eigenvalue weighted by molar-refractivity contribution is 14.1. The SMILES string of the molecule is CN(C(=O)c1ccccc1Cl)c1cccc(C(=O)N(I)c2ccc(C(F)(C(F)(F)F)C(F)(F)F)cc2C(F)(F)F)c1. The third kappa shape index (κ3) is 6.24. The molecule has 0 bridgehead atoms. The van der Waals surface area contributed by atoms with Crippen LogP contribution in [0.15, 0.2) is 66.7 Å². The summed E-state index contributed by atoms with van der Waals surface area (Å²) in [4.78, 5) is 27.0. The van der Waals surface area contributed by atoms with E-state index in [1.165, 1.54) is 31.3 Å². The molecule has 4 nitrogen and oxygen atoms in total. The van der Waals surface area contributed by atoms with Crippen LogP contribution in [-0.4, -0.2) is 31.2 Å². The molecule has 0 heterocycles. The van der Waals surface area contributed by atoms with Crippen LogP contribution in [0.5, 0.6) is 0 Å². The van der Waals surface area contributed by atoms with Gasteiger partial charge in [-0.05, 0) is 42.5 Å². The Balaban J connectivity index is 2.04. The molecule has 220 valence electrons. The van der Waals surface area contributed by atoms with Crippen molar-refractivity contribution in [2.75, 3.05) is 15.1 Å². The molecule has 0 saturated carbocycles. The standard InChI is InChI=1S/C25H14ClF10IN2O2/c1-38(21(41)16-7-2-3-8-18(16)26)15-6-4-5-13(11-15)20(40)39(37)19-10-9-14(12-17(19)23(28,29)30)22(27,24(31,32)33)25(34,35)36/h2-12H,1H3. The molecule has 0 fully saturated rings. The van der Waals surface area contributed by atoms with E-state index in [1.807, 2.05) is 0 Å². The zero-order valence-corrected chi connectivity index (χ0v) is 23.0. The number of anilines is 2. The van der Waals surface area contributed by atoms with Crippen molar-refractivity contribution in [1.82, 2.24) is 0 Å². The third-order valence-corrected chi connectivity index (χ3v) is 7.05. The molecular weight excluding hydrogens is 713 g/mol. The summed E-state index contributed by atoms with van der Waals surface area (Å²) in [5, 5.41) is 0.117. The Morgan fingerprint density at radius 3 is 1.88 bits per heavy atom. The molecule has 0 spiro atoms. The number of benzene rings is 3. The second-order valence-corrected chi connectivity index (χ2v) is 9.74.